The van der Waals surface area contributed by atoms with Crippen LogP contribution in [-0.2, 0) is 0 Å². The first kappa shape index (κ1) is 17.4. The number of rotatable bonds is 4. The lowest BCUT2D eigenvalue weighted by atomic mass is 10.1. The highest BCUT2D eigenvalue weighted by Crippen LogP contribution is 2.18. The second kappa shape index (κ2) is 7.32. The quantitative estimate of drug-likeness (QED) is 0.528. The van der Waals surface area contributed by atoms with E-state index in [0.717, 1.165) is 11.4 Å². The van der Waals surface area contributed by atoms with E-state index in [1.165, 1.54) is 6.07 Å². The third-order valence-electron chi connectivity index (χ3n) is 4.10. The van der Waals surface area contributed by atoms with Crippen molar-refractivity contribution in [1.29, 1.82) is 0 Å². The van der Waals surface area contributed by atoms with Crippen LogP contribution in [0, 0.1) is 6.92 Å². The second-order valence-corrected chi connectivity index (χ2v) is 6.20. The van der Waals surface area contributed by atoms with E-state index in [1.54, 1.807) is 42.5 Å². The Morgan fingerprint density at radius 3 is 2.43 bits per heavy atom. The van der Waals surface area contributed by atoms with Gasteiger partial charge in [-0.05, 0) is 55.5 Å². The number of carbonyl (C=O) groups is 1. The summed E-state index contributed by atoms with van der Waals surface area (Å²) in [5.41, 5.74) is 1.91. The van der Waals surface area contributed by atoms with Crippen molar-refractivity contribution < 1.29 is 9.21 Å². The van der Waals surface area contributed by atoms with Gasteiger partial charge in [0.15, 0.2) is 5.82 Å². The largest absolute Gasteiger partial charge is 0.422 e. The molecule has 28 heavy (non-hydrogen) atoms. The van der Waals surface area contributed by atoms with Crippen LogP contribution < -0.4 is 16.3 Å². The number of nitrogens with zero attached hydrogens (tertiary/aromatic N) is 2. The fraction of sp³-hybridized carbons (Fsp3) is 0.0476. The maximum atomic E-state index is 12.5. The van der Waals surface area contributed by atoms with Gasteiger partial charge in [0.25, 0.3) is 5.91 Å². The van der Waals surface area contributed by atoms with Crippen LogP contribution in [0.4, 0.5) is 17.2 Å². The molecule has 0 aliphatic rings. The van der Waals surface area contributed by atoms with Crippen LogP contribution in [0.1, 0.15) is 16.1 Å². The topological polar surface area (TPSA) is 97.1 Å². The van der Waals surface area contributed by atoms with E-state index in [0.29, 0.717) is 22.5 Å². The zero-order chi connectivity index (χ0) is 19.5. The Bertz CT molecular complexity index is 1200. The van der Waals surface area contributed by atoms with Crippen LogP contribution in [0.3, 0.4) is 0 Å². The van der Waals surface area contributed by atoms with Crippen LogP contribution in [0.5, 0.6) is 0 Å². The molecule has 1 amide bonds. The summed E-state index contributed by atoms with van der Waals surface area (Å²) in [7, 11) is 0. The average Bonchev–Trinajstić information content (AvgIpc) is 2.70. The van der Waals surface area contributed by atoms with Gasteiger partial charge in [-0.2, -0.15) is 5.10 Å². The number of aryl methyl sites for hydroxylation is 1. The fourth-order valence-electron chi connectivity index (χ4n) is 2.67. The van der Waals surface area contributed by atoms with E-state index in [2.05, 4.69) is 20.8 Å². The van der Waals surface area contributed by atoms with Gasteiger partial charge in [0, 0.05) is 16.8 Å². The molecule has 0 radical (unpaired) electrons. The summed E-state index contributed by atoms with van der Waals surface area (Å²) in [6.45, 7) is 1.87. The molecule has 0 atom stereocenters. The number of amides is 1. The number of carbonyl (C=O) groups excluding carboxylic acids is 1. The van der Waals surface area contributed by atoms with E-state index >= 15 is 0 Å². The zero-order valence-electron chi connectivity index (χ0n) is 15.0. The van der Waals surface area contributed by atoms with Crippen molar-refractivity contribution in [3.63, 3.8) is 0 Å². The Morgan fingerprint density at radius 2 is 1.68 bits per heavy atom. The fourth-order valence-corrected chi connectivity index (χ4v) is 2.67. The SMILES string of the molecule is Cc1ccc(Nc2ccc(NC(=O)c3cc4ccccc4oc3=O)cc2)nn1. The van der Waals surface area contributed by atoms with Gasteiger partial charge in [0.1, 0.15) is 11.1 Å². The minimum Gasteiger partial charge on any atom is -0.422 e. The molecule has 0 bridgehead atoms. The second-order valence-electron chi connectivity index (χ2n) is 6.20. The molecule has 138 valence electrons. The van der Waals surface area contributed by atoms with E-state index in [4.69, 9.17) is 4.42 Å². The monoisotopic (exact) mass is 372 g/mol. The first-order valence-electron chi connectivity index (χ1n) is 8.60. The molecule has 7 heteroatoms. The third-order valence-corrected chi connectivity index (χ3v) is 4.10. The molecular weight excluding hydrogens is 356 g/mol. The normalized spacial score (nSPS) is 10.6. The molecule has 4 rings (SSSR count). The molecule has 4 aromatic rings. The molecule has 2 aromatic carbocycles. The standard InChI is InChI=1S/C21H16N4O3/c1-13-6-11-19(25-24-13)22-15-7-9-16(10-8-15)23-20(26)17-12-14-4-2-3-5-18(14)28-21(17)27/h2-12H,1H3,(H,22,25)(H,23,26). The molecule has 7 nitrogen and oxygen atoms in total. The Kier molecular flexibility index (Phi) is 4.55. The highest BCUT2D eigenvalue weighted by molar-refractivity contribution is 6.05. The van der Waals surface area contributed by atoms with Gasteiger partial charge < -0.3 is 15.1 Å². The summed E-state index contributed by atoms with van der Waals surface area (Å²) >= 11 is 0. The van der Waals surface area contributed by atoms with Gasteiger partial charge in [-0.25, -0.2) is 4.79 Å². The summed E-state index contributed by atoms with van der Waals surface area (Å²) in [4.78, 5) is 24.6. The summed E-state index contributed by atoms with van der Waals surface area (Å²) in [5.74, 6) is 0.0979. The Hall–Kier alpha value is -4.00. The third kappa shape index (κ3) is 3.73. The van der Waals surface area contributed by atoms with Gasteiger partial charge in [-0.3, -0.25) is 4.79 Å². The molecule has 0 saturated heterocycles. The van der Waals surface area contributed by atoms with Crippen molar-refractivity contribution in [2.24, 2.45) is 0 Å². The molecule has 2 aromatic heterocycles. The molecular formula is C21H16N4O3. The molecule has 2 N–H and O–H groups in total. The first-order valence-corrected chi connectivity index (χ1v) is 8.60. The maximum absolute atomic E-state index is 12.5. The Labute approximate surface area is 160 Å². The number of para-hydroxylation sites is 1. The van der Waals surface area contributed by atoms with Crippen LogP contribution in [0.25, 0.3) is 11.0 Å². The molecule has 0 aliphatic heterocycles. The van der Waals surface area contributed by atoms with Crippen LogP contribution in [0.2, 0.25) is 0 Å². The highest BCUT2D eigenvalue weighted by Gasteiger charge is 2.14. The number of anilines is 3. The number of hydrogen-bond acceptors (Lipinski definition) is 6. The van der Waals surface area contributed by atoms with Crippen molar-refractivity contribution in [1.82, 2.24) is 10.2 Å². The predicted octanol–water partition coefficient (Wildman–Crippen LogP) is 3.89. The molecule has 0 spiro atoms. The van der Waals surface area contributed by atoms with Crippen molar-refractivity contribution in [2.45, 2.75) is 6.92 Å². The lowest BCUT2D eigenvalue weighted by molar-refractivity contribution is 0.102. The van der Waals surface area contributed by atoms with Crippen molar-refractivity contribution in [2.75, 3.05) is 10.6 Å². The zero-order valence-corrected chi connectivity index (χ0v) is 15.0. The van der Waals surface area contributed by atoms with Crippen LogP contribution in [-0.4, -0.2) is 16.1 Å². The van der Waals surface area contributed by atoms with Crippen molar-refractivity contribution >= 4 is 34.1 Å². The van der Waals surface area contributed by atoms with E-state index < -0.39 is 11.5 Å². The van der Waals surface area contributed by atoms with Crippen molar-refractivity contribution in [3.05, 3.63) is 88.4 Å². The molecule has 0 fully saturated rings. The first-order chi connectivity index (χ1) is 13.6. The Balaban J connectivity index is 1.49. The van der Waals surface area contributed by atoms with E-state index in [9.17, 15) is 9.59 Å². The lowest BCUT2D eigenvalue weighted by Crippen LogP contribution is -2.20. The van der Waals surface area contributed by atoms with Crippen molar-refractivity contribution in [3.8, 4) is 0 Å². The number of fused-ring (bicyclic) bond motifs is 1. The Morgan fingerprint density at radius 1 is 0.929 bits per heavy atom. The average molecular weight is 372 g/mol. The lowest BCUT2D eigenvalue weighted by Gasteiger charge is -2.08. The van der Waals surface area contributed by atoms with Crippen LogP contribution >= 0.6 is 0 Å². The smallest absolute Gasteiger partial charge is 0.349 e. The minimum atomic E-state index is -0.674. The van der Waals surface area contributed by atoms with Gasteiger partial charge in [0.05, 0.1) is 5.69 Å². The molecule has 0 saturated carbocycles. The van der Waals surface area contributed by atoms with Gasteiger partial charge in [-0.15, -0.1) is 5.10 Å². The van der Waals surface area contributed by atoms with Gasteiger partial charge in [0.2, 0.25) is 0 Å². The van der Waals surface area contributed by atoms with E-state index in [1.807, 2.05) is 25.1 Å². The van der Waals surface area contributed by atoms with Gasteiger partial charge in [-0.1, -0.05) is 18.2 Å². The number of aromatic nitrogens is 2. The maximum Gasteiger partial charge on any atom is 0.349 e. The number of hydrogen-bond donors (Lipinski definition) is 2. The number of benzene rings is 2. The molecule has 2 heterocycles. The predicted molar refractivity (Wildman–Crippen MR) is 107 cm³/mol. The highest BCUT2D eigenvalue weighted by atomic mass is 16.4. The summed E-state index contributed by atoms with van der Waals surface area (Å²) in [6, 6.07) is 19.3. The minimum absolute atomic E-state index is 0.0455. The van der Waals surface area contributed by atoms with E-state index in [-0.39, 0.29) is 5.56 Å². The molecule has 0 aliphatic carbocycles. The van der Waals surface area contributed by atoms with Gasteiger partial charge >= 0.3 is 5.63 Å². The molecule has 0 unspecified atom stereocenters. The summed E-state index contributed by atoms with van der Waals surface area (Å²) in [6.07, 6.45) is 0. The van der Waals surface area contributed by atoms with Crippen LogP contribution in [0.15, 0.2) is 75.9 Å². The summed E-state index contributed by atoms with van der Waals surface area (Å²) in [5, 5.41) is 14.5. The summed E-state index contributed by atoms with van der Waals surface area (Å²) < 4.78 is 5.21. The number of nitrogens with one attached hydrogen (secondary N) is 2.